The van der Waals surface area contributed by atoms with Crippen molar-refractivity contribution in [2.45, 2.75) is 11.1 Å². The zero-order valence-corrected chi connectivity index (χ0v) is 20.5. The standard InChI is InChI=1S/C23H19ClF3N3O6S/c1-35-17-8-6-16(7-9-17)30-37(33,34)20-11-14(5-10-19(20)24)22(32)29-28-21(31)13-36-18-4-2-3-15(12-18)23(25,26)27/h2-12,30H,13H2,1H3,(H,28,31)(H,29,32). The summed E-state index contributed by atoms with van der Waals surface area (Å²) in [6.07, 6.45) is -4.58. The van der Waals surface area contributed by atoms with Gasteiger partial charge in [0.05, 0.1) is 17.7 Å². The maximum absolute atomic E-state index is 12.8. The van der Waals surface area contributed by atoms with Crippen LogP contribution >= 0.6 is 11.6 Å². The van der Waals surface area contributed by atoms with Gasteiger partial charge in [-0.25, -0.2) is 8.42 Å². The van der Waals surface area contributed by atoms with Gasteiger partial charge < -0.3 is 9.47 Å². The first-order chi connectivity index (χ1) is 17.4. The maximum atomic E-state index is 12.8. The average Bonchev–Trinajstić information content (AvgIpc) is 2.86. The molecule has 0 atom stereocenters. The molecule has 0 bridgehead atoms. The molecule has 196 valence electrons. The first kappa shape index (κ1) is 27.6. The minimum atomic E-state index is -4.58. The first-order valence-corrected chi connectivity index (χ1v) is 12.1. The van der Waals surface area contributed by atoms with E-state index in [0.29, 0.717) is 5.75 Å². The Labute approximate surface area is 214 Å². The van der Waals surface area contributed by atoms with Crippen LogP contribution in [0.5, 0.6) is 11.5 Å². The Kier molecular flexibility index (Phi) is 8.50. The number of carbonyl (C=O) groups is 2. The summed E-state index contributed by atoms with van der Waals surface area (Å²) in [6.45, 7) is -0.701. The molecule has 0 aliphatic carbocycles. The number of amides is 2. The molecule has 0 saturated heterocycles. The number of rotatable bonds is 8. The van der Waals surface area contributed by atoms with Crippen molar-refractivity contribution >= 4 is 39.1 Å². The van der Waals surface area contributed by atoms with E-state index in [1.165, 1.54) is 37.4 Å². The highest BCUT2D eigenvalue weighted by atomic mass is 35.5. The third kappa shape index (κ3) is 7.51. The lowest BCUT2D eigenvalue weighted by Gasteiger charge is -2.13. The minimum absolute atomic E-state index is 0.154. The fourth-order valence-electron chi connectivity index (χ4n) is 2.87. The Bertz CT molecular complexity index is 1400. The van der Waals surface area contributed by atoms with E-state index < -0.39 is 45.1 Å². The summed E-state index contributed by atoms with van der Waals surface area (Å²) in [5, 5.41) is -0.156. The molecule has 3 N–H and O–H groups in total. The normalized spacial score (nSPS) is 11.4. The molecule has 2 amide bonds. The molecule has 0 unspecified atom stereocenters. The van der Waals surface area contributed by atoms with Crippen molar-refractivity contribution in [3.05, 3.63) is 82.9 Å². The Morgan fingerprint density at radius 3 is 2.30 bits per heavy atom. The van der Waals surface area contributed by atoms with Crippen LogP contribution in [-0.2, 0) is 21.0 Å². The number of alkyl halides is 3. The van der Waals surface area contributed by atoms with Gasteiger partial charge in [-0.05, 0) is 60.7 Å². The van der Waals surface area contributed by atoms with Gasteiger partial charge in [0.15, 0.2) is 6.61 Å². The molecule has 3 aromatic carbocycles. The van der Waals surface area contributed by atoms with Gasteiger partial charge in [0, 0.05) is 11.3 Å². The van der Waals surface area contributed by atoms with E-state index in [1.54, 1.807) is 12.1 Å². The molecule has 0 radical (unpaired) electrons. The quantitative estimate of drug-likeness (QED) is 0.360. The fourth-order valence-corrected chi connectivity index (χ4v) is 4.45. The summed E-state index contributed by atoms with van der Waals surface area (Å²) < 4.78 is 76.3. The molecule has 14 heteroatoms. The molecule has 0 aromatic heterocycles. The van der Waals surface area contributed by atoms with Gasteiger partial charge in [-0.1, -0.05) is 17.7 Å². The van der Waals surface area contributed by atoms with Crippen LogP contribution in [0.4, 0.5) is 18.9 Å². The highest BCUT2D eigenvalue weighted by molar-refractivity contribution is 7.92. The average molecular weight is 558 g/mol. The zero-order chi connectivity index (χ0) is 27.2. The van der Waals surface area contributed by atoms with Crippen molar-refractivity contribution in [1.29, 1.82) is 0 Å². The zero-order valence-electron chi connectivity index (χ0n) is 18.9. The van der Waals surface area contributed by atoms with Crippen molar-refractivity contribution in [3.63, 3.8) is 0 Å². The number of methoxy groups -OCH3 is 1. The predicted octanol–water partition coefficient (Wildman–Crippen LogP) is 4.01. The molecule has 0 fully saturated rings. The highest BCUT2D eigenvalue weighted by Gasteiger charge is 2.30. The fraction of sp³-hybridized carbons (Fsp3) is 0.130. The van der Waals surface area contributed by atoms with E-state index in [1.807, 2.05) is 5.43 Å². The smallest absolute Gasteiger partial charge is 0.416 e. The Balaban J connectivity index is 1.61. The van der Waals surface area contributed by atoms with Gasteiger partial charge in [0.1, 0.15) is 16.4 Å². The first-order valence-electron chi connectivity index (χ1n) is 10.2. The van der Waals surface area contributed by atoms with Gasteiger partial charge >= 0.3 is 6.18 Å². The van der Waals surface area contributed by atoms with Gasteiger partial charge in [-0.3, -0.25) is 25.2 Å². The largest absolute Gasteiger partial charge is 0.497 e. The molecule has 0 heterocycles. The van der Waals surface area contributed by atoms with Gasteiger partial charge in [-0.2, -0.15) is 13.2 Å². The molecule has 9 nitrogen and oxygen atoms in total. The number of hydrazine groups is 1. The molecule has 3 rings (SSSR count). The number of hydrogen-bond acceptors (Lipinski definition) is 6. The number of anilines is 1. The summed E-state index contributed by atoms with van der Waals surface area (Å²) in [5.41, 5.74) is 3.20. The maximum Gasteiger partial charge on any atom is 0.416 e. The van der Waals surface area contributed by atoms with E-state index in [9.17, 15) is 31.2 Å². The lowest BCUT2D eigenvalue weighted by molar-refractivity contribution is -0.137. The monoisotopic (exact) mass is 557 g/mol. The van der Waals surface area contributed by atoms with Crippen molar-refractivity contribution < 1.29 is 40.7 Å². The van der Waals surface area contributed by atoms with Crippen molar-refractivity contribution in [2.75, 3.05) is 18.4 Å². The highest BCUT2D eigenvalue weighted by Crippen LogP contribution is 2.31. The topological polar surface area (TPSA) is 123 Å². The van der Waals surface area contributed by atoms with Gasteiger partial charge in [-0.15, -0.1) is 0 Å². The second-order valence-corrected chi connectivity index (χ2v) is 9.35. The van der Waals surface area contributed by atoms with Crippen LogP contribution in [0.3, 0.4) is 0 Å². The van der Waals surface area contributed by atoms with Crippen LogP contribution in [0, 0.1) is 0 Å². The van der Waals surface area contributed by atoms with Crippen LogP contribution in [0.15, 0.2) is 71.6 Å². The number of halogens is 4. The number of benzene rings is 3. The number of ether oxygens (including phenoxy) is 2. The summed E-state index contributed by atoms with van der Waals surface area (Å²) >= 11 is 6.04. The van der Waals surface area contributed by atoms with E-state index in [2.05, 4.69) is 10.1 Å². The molecule has 0 saturated carbocycles. The summed E-state index contributed by atoms with van der Waals surface area (Å²) in [6, 6.07) is 13.4. The molecule has 3 aromatic rings. The summed E-state index contributed by atoms with van der Waals surface area (Å²) in [4.78, 5) is 24.0. The van der Waals surface area contributed by atoms with Crippen molar-refractivity contribution in [3.8, 4) is 11.5 Å². The summed E-state index contributed by atoms with van der Waals surface area (Å²) in [5.74, 6) is -1.45. The number of carbonyl (C=O) groups excluding carboxylic acids is 2. The van der Waals surface area contributed by atoms with Crippen LogP contribution < -0.4 is 25.0 Å². The predicted molar refractivity (Wildman–Crippen MR) is 128 cm³/mol. The Hall–Kier alpha value is -3.97. The Morgan fingerprint density at radius 1 is 0.946 bits per heavy atom. The van der Waals surface area contributed by atoms with Crippen LogP contribution in [0.2, 0.25) is 5.02 Å². The van der Waals surface area contributed by atoms with E-state index in [4.69, 9.17) is 21.1 Å². The third-order valence-electron chi connectivity index (χ3n) is 4.67. The van der Waals surface area contributed by atoms with Crippen molar-refractivity contribution in [1.82, 2.24) is 10.9 Å². The second-order valence-electron chi connectivity index (χ2n) is 7.30. The number of sulfonamides is 1. The number of nitrogens with one attached hydrogen (secondary N) is 3. The van der Waals surface area contributed by atoms with Crippen LogP contribution in [0.25, 0.3) is 0 Å². The van der Waals surface area contributed by atoms with E-state index in [0.717, 1.165) is 24.3 Å². The third-order valence-corrected chi connectivity index (χ3v) is 6.53. The lowest BCUT2D eigenvalue weighted by Crippen LogP contribution is -2.43. The molecule has 0 aliphatic rings. The van der Waals surface area contributed by atoms with Gasteiger partial charge in [0.25, 0.3) is 21.8 Å². The number of hydrogen-bond donors (Lipinski definition) is 3. The molecule has 0 spiro atoms. The molecular weight excluding hydrogens is 539 g/mol. The SMILES string of the molecule is COc1ccc(NS(=O)(=O)c2cc(C(=O)NNC(=O)COc3cccc(C(F)(F)F)c3)ccc2Cl)cc1. The molecular formula is C23H19ClF3N3O6S. The minimum Gasteiger partial charge on any atom is -0.497 e. The van der Waals surface area contributed by atoms with Crippen LogP contribution in [-0.4, -0.2) is 33.9 Å². The second kappa shape index (κ2) is 11.4. The molecule has 37 heavy (non-hydrogen) atoms. The van der Waals surface area contributed by atoms with Crippen LogP contribution in [0.1, 0.15) is 15.9 Å². The summed E-state index contributed by atoms with van der Waals surface area (Å²) in [7, 11) is -2.73. The lowest BCUT2D eigenvalue weighted by atomic mass is 10.2. The molecule has 0 aliphatic heterocycles. The Morgan fingerprint density at radius 2 is 1.65 bits per heavy atom. The van der Waals surface area contributed by atoms with E-state index in [-0.39, 0.29) is 22.0 Å². The van der Waals surface area contributed by atoms with Gasteiger partial charge in [0.2, 0.25) is 0 Å². The van der Waals surface area contributed by atoms with Crippen molar-refractivity contribution in [2.24, 2.45) is 0 Å². The van der Waals surface area contributed by atoms with E-state index >= 15 is 0 Å².